The van der Waals surface area contributed by atoms with Crippen molar-refractivity contribution in [2.24, 2.45) is 0 Å². The second-order valence-corrected chi connectivity index (χ2v) is 5.48. The van der Waals surface area contributed by atoms with E-state index in [2.05, 4.69) is 37.9 Å². The van der Waals surface area contributed by atoms with Crippen LogP contribution in [-0.4, -0.2) is 31.6 Å². The highest BCUT2D eigenvalue weighted by atomic mass is 16.5. The highest BCUT2D eigenvalue weighted by Gasteiger charge is 2.03. The van der Waals surface area contributed by atoms with Gasteiger partial charge < -0.3 is 15.4 Å². The Balaban J connectivity index is 2.35. The first-order valence-corrected chi connectivity index (χ1v) is 7.87. The van der Waals surface area contributed by atoms with Gasteiger partial charge in [-0.1, -0.05) is 26.3 Å². The van der Waals surface area contributed by atoms with Crippen LogP contribution in [0.15, 0.2) is 18.2 Å². The van der Waals surface area contributed by atoms with E-state index in [0.29, 0.717) is 0 Å². The summed E-state index contributed by atoms with van der Waals surface area (Å²) in [6, 6.07) is 6.19. The molecular weight excluding hydrogens is 248 g/mol. The topological polar surface area (TPSA) is 38.5 Å². The molecule has 3 heteroatoms. The maximum Gasteiger partial charge on any atom is 0.142 e. The number of nitrogen functional groups attached to an aromatic ring is 1. The molecule has 0 radical (unpaired) electrons. The van der Waals surface area contributed by atoms with Crippen molar-refractivity contribution >= 4 is 5.69 Å². The van der Waals surface area contributed by atoms with Crippen molar-refractivity contribution in [1.82, 2.24) is 4.90 Å². The highest BCUT2D eigenvalue weighted by molar-refractivity contribution is 5.54. The maximum absolute atomic E-state index is 6.02. The van der Waals surface area contributed by atoms with Gasteiger partial charge >= 0.3 is 0 Å². The Morgan fingerprint density at radius 1 is 1.10 bits per heavy atom. The van der Waals surface area contributed by atoms with E-state index in [1.165, 1.54) is 31.4 Å². The van der Waals surface area contributed by atoms with Gasteiger partial charge in [0.05, 0.1) is 12.3 Å². The lowest BCUT2D eigenvalue weighted by Gasteiger charge is -2.16. The van der Waals surface area contributed by atoms with Crippen molar-refractivity contribution in [3.63, 3.8) is 0 Å². The largest absolute Gasteiger partial charge is 0.491 e. The van der Waals surface area contributed by atoms with Crippen LogP contribution in [0.3, 0.4) is 0 Å². The van der Waals surface area contributed by atoms with Gasteiger partial charge in [0.1, 0.15) is 5.75 Å². The molecule has 0 aliphatic rings. The van der Waals surface area contributed by atoms with Crippen LogP contribution in [0, 0.1) is 0 Å². The molecule has 0 amide bonds. The highest BCUT2D eigenvalue weighted by Crippen LogP contribution is 2.23. The van der Waals surface area contributed by atoms with Crippen molar-refractivity contribution in [3.8, 4) is 5.75 Å². The lowest BCUT2D eigenvalue weighted by atomic mass is 10.1. The van der Waals surface area contributed by atoms with Gasteiger partial charge in [-0.25, -0.2) is 0 Å². The van der Waals surface area contributed by atoms with Gasteiger partial charge in [0.15, 0.2) is 0 Å². The van der Waals surface area contributed by atoms with E-state index >= 15 is 0 Å². The van der Waals surface area contributed by atoms with Gasteiger partial charge in [-0.2, -0.15) is 0 Å². The smallest absolute Gasteiger partial charge is 0.142 e. The second kappa shape index (κ2) is 9.65. The van der Waals surface area contributed by atoms with Crippen molar-refractivity contribution in [1.29, 1.82) is 0 Å². The summed E-state index contributed by atoms with van der Waals surface area (Å²) in [5.74, 6) is 0.815. The number of anilines is 1. The molecule has 0 aliphatic carbocycles. The summed E-state index contributed by atoms with van der Waals surface area (Å²) in [7, 11) is 2.20. The summed E-state index contributed by atoms with van der Waals surface area (Å²) in [6.07, 6.45) is 5.81. The normalized spacial score (nSPS) is 11.0. The van der Waals surface area contributed by atoms with Crippen molar-refractivity contribution in [2.75, 3.05) is 32.5 Å². The molecule has 0 bridgehead atoms. The minimum absolute atomic E-state index is 0.728. The lowest BCUT2D eigenvalue weighted by Crippen LogP contribution is -2.21. The Hall–Kier alpha value is -1.22. The number of hydrogen-bond donors (Lipinski definition) is 1. The third-order valence-electron chi connectivity index (χ3n) is 3.43. The number of unbranched alkanes of at least 4 members (excludes halogenated alkanes) is 1. The molecule has 1 aromatic rings. The molecule has 0 fully saturated rings. The van der Waals surface area contributed by atoms with Crippen LogP contribution >= 0.6 is 0 Å². The number of aryl methyl sites for hydroxylation is 1. The number of ether oxygens (including phenoxy) is 1. The van der Waals surface area contributed by atoms with Crippen molar-refractivity contribution in [2.45, 2.75) is 46.0 Å². The fourth-order valence-corrected chi connectivity index (χ4v) is 2.19. The molecule has 0 heterocycles. The average Bonchev–Trinajstić information content (AvgIpc) is 2.44. The Morgan fingerprint density at radius 3 is 2.50 bits per heavy atom. The van der Waals surface area contributed by atoms with Crippen LogP contribution in [0.5, 0.6) is 5.75 Å². The summed E-state index contributed by atoms with van der Waals surface area (Å²) in [4.78, 5) is 2.41. The van der Waals surface area contributed by atoms with Gasteiger partial charge in [0.25, 0.3) is 0 Å². The van der Waals surface area contributed by atoms with Crippen molar-refractivity contribution < 1.29 is 4.74 Å². The molecule has 0 atom stereocenters. The van der Waals surface area contributed by atoms with Crippen LogP contribution in [-0.2, 0) is 6.42 Å². The Bertz CT molecular complexity index is 379. The van der Waals surface area contributed by atoms with Gasteiger partial charge in [0, 0.05) is 0 Å². The second-order valence-electron chi connectivity index (χ2n) is 5.48. The number of nitrogens with zero attached hydrogens (tertiary/aromatic N) is 1. The molecule has 0 aromatic heterocycles. The Labute approximate surface area is 124 Å². The minimum Gasteiger partial charge on any atom is -0.491 e. The third-order valence-corrected chi connectivity index (χ3v) is 3.43. The maximum atomic E-state index is 6.02. The molecule has 0 saturated carbocycles. The van der Waals surface area contributed by atoms with Crippen LogP contribution in [0.1, 0.15) is 45.1 Å². The molecule has 0 unspecified atom stereocenters. The van der Waals surface area contributed by atoms with Crippen molar-refractivity contribution in [3.05, 3.63) is 23.8 Å². The van der Waals surface area contributed by atoms with Crippen LogP contribution in [0.4, 0.5) is 5.69 Å². The van der Waals surface area contributed by atoms with Crippen LogP contribution in [0.25, 0.3) is 0 Å². The van der Waals surface area contributed by atoms with Gasteiger partial charge in [-0.15, -0.1) is 0 Å². The standard InChI is InChI=1S/C17H30N2O/c1-4-6-11-19(3)12-7-8-15-9-10-17(16(18)14-15)20-13-5-2/h9-10,14H,4-8,11-13,18H2,1-3H3. The zero-order valence-electron chi connectivity index (χ0n) is 13.3. The predicted molar refractivity (Wildman–Crippen MR) is 87.4 cm³/mol. The number of hydrogen-bond acceptors (Lipinski definition) is 3. The van der Waals surface area contributed by atoms with E-state index in [1.54, 1.807) is 0 Å². The zero-order valence-corrected chi connectivity index (χ0v) is 13.3. The van der Waals surface area contributed by atoms with Gasteiger partial charge in [0.2, 0.25) is 0 Å². The summed E-state index contributed by atoms with van der Waals surface area (Å²) >= 11 is 0. The first-order chi connectivity index (χ1) is 9.67. The Kier molecular flexibility index (Phi) is 8.12. The fraction of sp³-hybridized carbons (Fsp3) is 0.647. The molecule has 2 N–H and O–H groups in total. The van der Waals surface area contributed by atoms with Crippen LogP contribution < -0.4 is 10.5 Å². The molecule has 1 rings (SSSR count). The molecular formula is C17H30N2O. The molecule has 20 heavy (non-hydrogen) atoms. The Morgan fingerprint density at radius 2 is 1.85 bits per heavy atom. The SMILES string of the molecule is CCCCN(C)CCCc1ccc(OCCC)c(N)c1. The number of benzene rings is 1. The number of rotatable bonds is 10. The molecule has 0 aliphatic heterocycles. The molecule has 1 aromatic carbocycles. The average molecular weight is 278 g/mol. The summed E-state index contributed by atoms with van der Waals surface area (Å²) < 4.78 is 5.59. The van der Waals surface area contributed by atoms with Crippen LogP contribution in [0.2, 0.25) is 0 Å². The van der Waals surface area contributed by atoms with E-state index < -0.39 is 0 Å². The summed E-state index contributed by atoms with van der Waals surface area (Å²) in [5, 5.41) is 0. The quantitative estimate of drug-likeness (QED) is 0.663. The number of nitrogens with two attached hydrogens (primary N) is 1. The zero-order chi connectivity index (χ0) is 14.8. The summed E-state index contributed by atoms with van der Waals surface area (Å²) in [5.41, 5.74) is 8.08. The lowest BCUT2D eigenvalue weighted by molar-refractivity contribution is 0.318. The summed E-state index contributed by atoms with van der Waals surface area (Å²) in [6.45, 7) is 7.40. The monoisotopic (exact) mass is 278 g/mol. The van der Waals surface area contributed by atoms with E-state index in [1.807, 2.05) is 6.07 Å². The van der Waals surface area contributed by atoms with Gasteiger partial charge in [-0.3, -0.25) is 0 Å². The van der Waals surface area contributed by atoms with E-state index in [-0.39, 0.29) is 0 Å². The minimum atomic E-state index is 0.728. The molecule has 3 nitrogen and oxygen atoms in total. The predicted octanol–water partition coefficient (Wildman–Crippen LogP) is 3.72. The molecule has 114 valence electrons. The third kappa shape index (κ3) is 6.29. The van der Waals surface area contributed by atoms with E-state index in [9.17, 15) is 0 Å². The molecule has 0 spiro atoms. The first kappa shape index (κ1) is 16.8. The molecule has 0 saturated heterocycles. The van der Waals surface area contributed by atoms with E-state index in [4.69, 9.17) is 10.5 Å². The fourth-order valence-electron chi connectivity index (χ4n) is 2.19. The van der Waals surface area contributed by atoms with E-state index in [0.717, 1.165) is 37.4 Å². The first-order valence-electron chi connectivity index (χ1n) is 7.87. The van der Waals surface area contributed by atoms with Gasteiger partial charge in [-0.05, 0) is 63.5 Å².